The van der Waals surface area contributed by atoms with Gasteiger partial charge in [-0.1, -0.05) is 6.92 Å². The number of hydrogen-bond donors (Lipinski definition) is 0. The number of benzene rings is 2. The van der Waals surface area contributed by atoms with E-state index in [-0.39, 0.29) is 10.8 Å². The molecule has 2 aromatic carbocycles. The Bertz CT molecular complexity index is 941. The zero-order valence-corrected chi connectivity index (χ0v) is 18.8. The van der Waals surface area contributed by atoms with Crippen molar-refractivity contribution in [3.63, 3.8) is 0 Å². The molecule has 156 valence electrons. The first-order valence-corrected chi connectivity index (χ1v) is 12.6. The molecule has 0 unspecified atom stereocenters. The Balaban J connectivity index is 1.81. The molecule has 1 fully saturated rings. The van der Waals surface area contributed by atoms with E-state index in [1.165, 1.54) is 4.31 Å². The van der Waals surface area contributed by atoms with Crippen LogP contribution in [0, 0.1) is 5.92 Å². The molecule has 5 nitrogen and oxygen atoms in total. The maximum absolute atomic E-state index is 13.1. The lowest BCUT2D eigenvalue weighted by atomic mass is 9.99. The van der Waals surface area contributed by atoms with E-state index >= 15 is 0 Å². The summed E-state index contributed by atoms with van der Waals surface area (Å²) in [5.41, 5.74) is 1.16. The van der Waals surface area contributed by atoms with E-state index in [2.05, 4.69) is 6.92 Å². The molecule has 2 aromatic rings. The predicted molar refractivity (Wildman–Crippen MR) is 119 cm³/mol. The molecule has 29 heavy (non-hydrogen) atoms. The van der Waals surface area contributed by atoms with Crippen LogP contribution in [0.15, 0.2) is 58.3 Å². The highest BCUT2D eigenvalue weighted by atomic mass is 32.2. The number of anilines is 1. The minimum atomic E-state index is -3.66. The van der Waals surface area contributed by atoms with Crippen molar-refractivity contribution in [2.75, 3.05) is 30.2 Å². The molecular formula is C22H28N2O3S2. The third-order valence-electron chi connectivity index (χ3n) is 5.28. The standard InChI is InChI=1S/C22H28N2O3S2/c1-4-24(29(26,27)21-13-11-20(28-3)12-14-21)19-9-7-18(8-10-19)22(25)23-15-5-6-17(2)16-23/h7-14,17H,4-6,15-16H2,1-3H3/t17-/m0/s1. The number of amides is 1. The summed E-state index contributed by atoms with van der Waals surface area (Å²) in [6.45, 7) is 5.85. The summed E-state index contributed by atoms with van der Waals surface area (Å²) >= 11 is 1.57. The number of nitrogens with zero attached hydrogens (tertiary/aromatic N) is 2. The van der Waals surface area contributed by atoms with Crippen molar-refractivity contribution in [1.29, 1.82) is 0 Å². The van der Waals surface area contributed by atoms with E-state index < -0.39 is 10.0 Å². The largest absolute Gasteiger partial charge is 0.338 e. The van der Waals surface area contributed by atoms with Crippen LogP contribution in [0.5, 0.6) is 0 Å². The number of carbonyl (C=O) groups excluding carboxylic acids is 1. The summed E-state index contributed by atoms with van der Waals surface area (Å²) in [7, 11) is -3.66. The number of hydrogen-bond acceptors (Lipinski definition) is 4. The van der Waals surface area contributed by atoms with Crippen molar-refractivity contribution >= 4 is 33.4 Å². The topological polar surface area (TPSA) is 57.7 Å². The Morgan fingerprint density at radius 2 is 1.79 bits per heavy atom. The summed E-state index contributed by atoms with van der Waals surface area (Å²) in [5, 5.41) is 0. The number of sulfonamides is 1. The van der Waals surface area contributed by atoms with Gasteiger partial charge in [0.2, 0.25) is 0 Å². The molecule has 1 saturated heterocycles. The van der Waals surface area contributed by atoms with Crippen LogP contribution in [0.3, 0.4) is 0 Å². The van der Waals surface area contributed by atoms with Crippen LogP contribution in [-0.4, -0.2) is 45.1 Å². The highest BCUT2D eigenvalue weighted by molar-refractivity contribution is 7.98. The number of thioether (sulfide) groups is 1. The van der Waals surface area contributed by atoms with E-state index in [1.807, 2.05) is 30.2 Å². The molecule has 0 saturated carbocycles. The fourth-order valence-corrected chi connectivity index (χ4v) is 5.57. The van der Waals surface area contributed by atoms with E-state index in [4.69, 9.17) is 0 Å². The molecule has 0 radical (unpaired) electrons. The minimum absolute atomic E-state index is 0.0154. The predicted octanol–water partition coefficient (Wildman–Crippen LogP) is 4.50. The molecule has 3 rings (SSSR count). The normalized spacial score (nSPS) is 17.2. The first-order chi connectivity index (χ1) is 13.9. The van der Waals surface area contributed by atoms with Crippen molar-refractivity contribution < 1.29 is 13.2 Å². The van der Waals surface area contributed by atoms with E-state index in [1.54, 1.807) is 48.2 Å². The van der Waals surface area contributed by atoms with E-state index in [0.717, 1.165) is 30.8 Å². The van der Waals surface area contributed by atoms with Gasteiger partial charge in [0.1, 0.15) is 0 Å². The zero-order valence-electron chi connectivity index (χ0n) is 17.2. The maximum Gasteiger partial charge on any atom is 0.264 e. The average Bonchev–Trinajstić information content (AvgIpc) is 2.74. The van der Waals surface area contributed by atoms with Crippen LogP contribution < -0.4 is 4.31 Å². The lowest BCUT2D eigenvalue weighted by Gasteiger charge is -2.31. The first-order valence-electron chi connectivity index (χ1n) is 9.93. The minimum Gasteiger partial charge on any atom is -0.338 e. The van der Waals surface area contributed by atoms with Crippen molar-refractivity contribution in [1.82, 2.24) is 4.90 Å². The average molecular weight is 433 g/mol. The van der Waals surface area contributed by atoms with Gasteiger partial charge >= 0.3 is 0 Å². The molecule has 0 aromatic heterocycles. The van der Waals surface area contributed by atoms with Gasteiger partial charge < -0.3 is 4.90 Å². The second-order valence-electron chi connectivity index (χ2n) is 7.39. The first kappa shape index (κ1) is 21.7. The second-order valence-corrected chi connectivity index (χ2v) is 10.1. The molecule has 0 spiro atoms. The van der Waals surface area contributed by atoms with Crippen molar-refractivity contribution in [2.24, 2.45) is 5.92 Å². The van der Waals surface area contributed by atoms with Gasteiger partial charge in [-0.3, -0.25) is 9.10 Å². The summed E-state index contributed by atoms with van der Waals surface area (Å²) in [6, 6.07) is 13.8. The fourth-order valence-electron chi connectivity index (χ4n) is 3.69. The summed E-state index contributed by atoms with van der Waals surface area (Å²) < 4.78 is 27.6. The van der Waals surface area contributed by atoms with Crippen LogP contribution in [0.1, 0.15) is 37.0 Å². The lowest BCUT2D eigenvalue weighted by molar-refractivity contribution is 0.0683. The van der Waals surface area contributed by atoms with Gasteiger partial charge in [-0.05, 0) is 80.5 Å². The lowest BCUT2D eigenvalue weighted by Crippen LogP contribution is -2.39. The maximum atomic E-state index is 13.1. The molecule has 1 aliphatic rings. The molecule has 1 amide bonds. The molecule has 0 bridgehead atoms. The smallest absolute Gasteiger partial charge is 0.264 e. The quantitative estimate of drug-likeness (QED) is 0.631. The Labute approximate surface area is 178 Å². The molecular weight excluding hydrogens is 404 g/mol. The van der Waals surface area contributed by atoms with Gasteiger partial charge in [0, 0.05) is 30.1 Å². The van der Waals surface area contributed by atoms with Crippen molar-refractivity contribution in [3.05, 3.63) is 54.1 Å². The van der Waals surface area contributed by atoms with Gasteiger partial charge in [0.25, 0.3) is 15.9 Å². The molecule has 1 atom stereocenters. The summed E-state index contributed by atoms with van der Waals surface area (Å²) in [5.74, 6) is 0.534. The number of piperidine rings is 1. The molecule has 7 heteroatoms. The summed E-state index contributed by atoms with van der Waals surface area (Å²) in [6.07, 6.45) is 4.14. The Hall–Kier alpha value is -1.99. The Kier molecular flexibility index (Phi) is 6.90. The van der Waals surface area contributed by atoms with Gasteiger partial charge in [0.05, 0.1) is 10.6 Å². The summed E-state index contributed by atoms with van der Waals surface area (Å²) in [4.78, 5) is 15.9. The van der Waals surface area contributed by atoms with E-state index in [0.29, 0.717) is 23.7 Å². The highest BCUT2D eigenvalue weighted by Gasteiger charge is 2.25. The number of likely N-dealkylation sites (tertiary alicyclic amines) is 1. The molecule has 0 N–H and O–H groups in total. The van der Waals surface area contributed by atoms with Gasteiger partial charge in [-0.25, -0.2) is 8.42 Å². The fraction of sp³-hybridized carbons (Fsp3) is 0.409. The van der Waals surface area contributed by atoms with Crippen molar-refractivity contribution in [2.45, 2.75) is 36.5 Å². The highest BCUT2D eigenvalue weighted by Crippen LogP contribution is 2.26. The van der Waals surface area contributed by atoms with Gasteiger partial charge in [-0.15, -0.1) is 11.8 Å². The third kappa shape index (κ3) is 4.78. The van der Waals surface area contributed by atoms with Crippen LogP contribution >= 0.6 is 11.8 Å². The van der Waals surface area contributed by atoms with Crippen LogP contribution in [0.4, 0.5) is 5.69 Å². The number of rotatable bonds is 6. The van der Waals surface area contributed by atoms with Crippen molar-refractivity contribution in [3.8, 4) is 0 Å². The number of carbonyl (C=O) groups is 1. The van der Waals surface area contributed by atoms with Crippen LogP contribution in [0.25, 0.3) is 0 Å². The Morgan fingerprint density at radius 1 is 1.14 bits per heavy atom. The van der Waals surface area contributed by atoms with Crippen LogP contribution in [0.2, 0.25) is 0 Å². The van der Waals surface area contributed by atoms with E-state index in [9.17, 15) is 13.2 Å². The molecule has 0 aliphatic carbocycles. The zero-order chi connectivity index (χ0) is 21.0. The molecule has 1 aliphatic heterocycles. The second kappa shape index (κ2) is 9.22. The van der Waals surface area contributed by atoms with Gasteiger partial charge in [0.15, 0.2) is 0 Å². The van der Waals surface area contributed by atoms with Crippen LogP contribution in [-0.2, 0) is 10.0 Å². The Morgan fingerprint density at radius 3 is 2.34 bits per heavy atom. The van der Waals surface area contributed by atoms with Gasteiger partial charge in [-0.2, -0.15) is 0 Å². The third-order valence-corrected chi connectivity index (χ3v) is 7.94. The monoisotopic (exact) mass is 432 g/mol. The SMILES string of the molecule is CCN(c1ccc(C(=O)N2CCC[C@H](C)C2)cc1)S(=O)(=O)c1ccc(SC)cc1. The molecule has 1 heterocycles.